The zero-order chi connectivity index (χ0) is 86.9. The number of nitro benzene ring substituents is 3. The topological polar surface area (TPSA) is 625 Å². The number of benzene rings is 6. The van der Waals surface area contributed by atoms with Crippen molar-refractivity contribution in [3.8, 4) is 33.4 Å². The molecule has 4 N–H and O–H groups in total. The van der Waals surface area contributed by atoms with Crippen LogP contribution in [0.5, 0.6) is 0 Å². The molecule has 3 fully saturated rings. The summed E-state index contributed by atoms with van der Waals surface area (Å²) in [6.07, 6.45) is -3.08. The van der Waals surface area contributed by atoms with Gasteiger partial charge in [-0.3, -0.25) is 88.3 Å². The number of carbonyl (C=O) groups is 15. The number of nitrogens with zero attached hydrogens (tertiary/aromatic N) is 8. The summed E-state index contributed by atoms with van der Waals surface area (Å²) in [7, 11) is -10.0. The predicted octanol–water partition coefficient (Wildman–Crippen LogP) is -1.11. The summed E-state index contributed by atoms with van der Waals surface area (Å²) in [6, 6.07) is 27.3. The molecule has 5 heterocycles. The fourth-order valence-electron chi connectivity index (χ4n) is 13.0. The Balaban J connectivity index is 0.000000237. The summed E-state index contributed by atoms with van der Waals surface area (Å²) in [5.41, 5.74) is 5.02. The van der Waals surface area contributed by atoms with Crippen LogP contribution in [-0.2, 0) is 111 Å². The Kier molecular flexibility index (Phi) is 31.8. The number of Topliss-reactive ketones (excluding diaryl/α,β-unsaturated/α-hetero) is 2. The van der Waals surface area contributed by atoms with Gasteiger partial charge in [-0.1, -0.05) is 56.0 Å². The Hall–Kier alpha value is -12.1. The van der Waals surface area contributed by atoms with Crippen LogP contribution in [0.25, 0.3) is 33.4 Å². The number of amides is 7. The van der Waals surface area contributed by atoms with Crippen molar-refractivity contribution in [3.05, 3.63) is 186 Å². The third-order valence-corrected chi connectivity index (χ3v) is 20.9. The minimum absolute atomic E-state index is 0. The Labute approximate surface area is 721 Å². The number of hydrogen-bond donors (Lipinski definition) is 4. The van der Waals surface area contributed by atoms with Gasteiger partial charge in [0.25, 0.3) is 40.7 Å². The number of anilines is 3. The number of ether oxygens (including phenoxy) is 2. The Bertz CT molecular complexity index is 5510. The van der Waals surface area contributed by atoms with Gasteiger partial charge in [0.15, 0.2) is 11.6 Å². The van der Waals surface area contributed by atoms with Gasteiger partial charge in [-0.15, -0.1) is 5.06 Å². The first-order chi connectivity index (χ1) is 55.5. The van der Waals surface area contributed by atoms with Crippen LogP contribution in [0.3, 0.4) is 0 Å². The van der Waals surface area contributed by atoms with E-state index in [1.165, 1.54) is 70.5 Å². The fraction of sp³-hybridized carbons (Fsp3) is 0.284. The Morgan fingerprint density at radius 2 is 0.858 bits per heavy atom. The zero-order valence-corrected chi connectivity index (χ0v) is 68.9. The summed E-state index contributed by atoms with van der Waals surface area (Å²) < 4.78 is 74.4. The van der Waals surface area contributed by atoms with Gasteiger partial charge < -0.3 is 53.4 Å². The quantitative estimate of drug-likeness (QED) is 0.00643. The molecule has 46 heteroatoms. The number of imide groups is 2. The first-order valence-corrected chi connectivity index (χ1v) is 37.9. The molecule has 6 aromatic carbocycles. The van der Waals surface area contributed by atoms with Gasteiger partial charge >= 0.3 is 94.9 Å². The van der Waals surface area contributed by atoms with Crippen LogP contribution < -0.4 is 73.8 Å². The number of ketones is 2. The number of fused-ring (bicyclic) bond motifs is 3. The van der Waals surface area contributed by atoms with E-state index >= 15 is 0 Å². The van der Waals surface area contributed by atoms with E-state index in [0.717, 1.165) is 4.90 Å². The van der Waals surface area contributed by atoms with Crippen LogP contribution in [0.15, 0.2) is 122 Å². The third kappa shape index (κ3) is 22.4. The van der Waals surface area contributed by atoms with Gasteiger partial charge in [0, 0.05) is 69.4 Å². The van der Waals surface area contributed by atoms with Gasteiger partial charge in [0.2, 0.25) is 23.8 Å². The minimum atomic E-state index is -5.17. The molecule has 2 saturated heterocycles. The predicted molar refractivity (Wildman–Crippen MR) is 395 cm³/mol. The number of carbonyl (C=O) groups excluding carboxylic acids is 12. The number of aromatic carboxylic acids is 1. The number of hydrogen-bond acceptors (Lipinski definition) is 31. The monoisotopic (exact) mass is 1720 g/mol. The van der Waals surface area contributed by atoms with E-state index in [2.05, 4.69) is 11.4 Å². The minimum Gasteiger partial charge on any atom is -0.747 e. The van der Waals surface area contributed by atoms with Gasteiger partial charge in [-0.05, 0) is 124 Å². The first-order valence-electron chi connectivity index (χ1n) is 34.9. The average Bonchev–Trinajstić information content (AvgIpc) is 1.59. The molecule has 618 valence electrons. The van der Waals surface area contributed by atoms with Crippen LogP contribution in [-0.4, -0.2) is 203 Å². The average molecular weight is 1720 g/mol. The number of nitro groups is 3. The molecule has 0 spiro atoms. The van der Waals surface area contributed by atoms with Gasteiger partial charge in [-0.2, -0.15) is 5.06 Å². The third-order valence-electron chi connectivity index (χ3n) is 18.8. The molecule has 7 amide bonds. The van der Waals surface area contributed by atoms with Crippen molar-refractivity contribution < 1.29 is 207 Å². The van der Waals surface area contributed by atoms with Gasteiger partial charge in [0.05, 0.1) is 63.6 Å². The van der Waals surface area contributed by atoms with Gasteiger partial charge in [-0.25, -0.2) is 36.0 Å². The van der Waals surface area contributed by atoms with Crippen molar-refractivity contribution in [3.63, 3.8) is 0 Å². The van der Waals surface area contributed by atoms with E-state index in [-0.39, 0.29) is 174 Å². The zero-order valence-electron chi connectivity index (χ0n) is 63.2. The van der Waals surface area contributed by atoms with Crippen LogP contribution in [0, 0.1) is 36.3 Å². The molecule has 5 aliphatic heterocycles. The number of carboxylic acids is 3. The molecule has 1 aliphatic carbocycles. The maximum absolute atomic E-state index is 13.0. The van der Waals surface area contributed by atoms with Crippen LogP contribution >= 0.6 is 0 Å². The maximum Gasteiger partial charge on any atom is 1.00 e. The Morgan fingerprint density at radius 3 is 1.17 bits per heavy atom. The summed E-state index contributed by atoms with van der Waals surface area (Å²) in [6.45, 7) is 5.68. The molecule has 12 rings (SSSR count). The van der Waals surface area contributed by atoms with Crippen molar-refractivity contribution in [1.82, 2.24) is 10.1 Å². The van der Waals surface area contributed by atoms with Crippen LogP contribution in [0.4, 0.5) is 34.1 Å². The fourth-order valence-corrected chi connectivity index (χ4v) is 14.4. The first kappa shape index (κ1) is 95.0. The molecule has 4 unspecified atom stereocenters. The summed E-state index contributed by atoms with van der Waals surface area (Å²) in [5.74, 6) is -14.2. The molecule has 4 atom stereocenters. The molecule has 0 aromatic heterocycles. The molecule has 6 aromatic rings. The standard InChI is InChI=1S/C29H25N3O14S.C22H20N2O7.C19H16N2O7.C4H5NO6S.2Na/c1-14-10-20(33)27(26(14)37)45-29(39)16-4-2-15(3-5-16)18-11-17-8-9-30(25(17)19(12-18)32(40)41)22(34)6-7-24(36)46-31-23(35)13-21(28(31)38)47(42,43)44;1-2-11-31-22(28)15-5-3-14(4-6-15)17-12-16-9-10-23(19(25)7-8-20(26)27)21(16)18(13-17)24(29)30;22-16(5-6-17(23)24)20-8-7-13-9-14(10-15(18(13)20)21(27)28)11-1-3-12(4-2-11)19(25)26;6-3-1-2(12(9,10)11)4(7)5(3)8;;/h2-5,11-12,14,21,27H,6-10,13H2,1H3,(H,42,43,44);2-6,12-13H,1,7-11H2,(H,26,27);1-4,9-10H,5-8H2,(H,23,24)(H,25,26);2,8H,1H2,(H,9,10,11);;/q;;;;2*+1/p-2. The van der Waals surface area contributed by atoms with E-state index < -0.39 is 178 Å². The second-order valence-corrected chi connectivity index (χ2v) is 29.7. The largest absolute Gasteiger partial charge is 1.00 e. The molecular weight excluding hydrogens is 1650 g/mol. The van der Waals surface area contributed by atoms with E-state index in [0.29, 0.717) is 68.5 Å². The van der Waals surface area contributed by atoms with Crippen molar-refractivity contribution in [1.29, 1.82) is 0 Å². The molecular formula is C74H64N8Na2O34S2. The molecule has 1 saturated carbocycles. The summed E-state index contributed by atoms with van der Waals surface area (Å²) in [5, 5.41) is 65.8. The summed E-state index contributed by atoms with van der Waals surface area (Å²) in [4.78, 5) is 218. The SMILES string of the molecule is C=CCOC(=O)c1ccc(-c2cc3c(c([N+](=O)[O-])c2)N(C(=O)CCC(=O)O)CC3)cc1.CC1CC(=O)C(OC(=O)c2ccc(-c3cc4c(c([N+](=O)[O-])c3)N(C(=O)CCC(=O)ON3C(=O)CC(S(=O)(=O)[O-])C3=O)CC4)cc2)C1=O.O=C(O)CCC(=O)N1CCc2cc(-c3ccc(C(=O)O)cc3)cc([N+](=O)[O-])c21.O=C1CC(S(=O)(=O)[O-])C(=O)N1O.[Na+].[Na+]. The molecule has 0 bridgehead atoms. The maximum atomic E-state index is 13.0. The molecule has 120 heavy (non-hydrogen) atoms. The van der Waals surface area contributed by atoms with E-state index in [9.17, 15) is 128 Å². The normalized spacial score (nSPS) is 16.8. The Morgan fingerprint density at radius 1 is 0.500 bits per heavy atom. The number of rotatable bonds is 24. The second-order valence-electron chi connectivity index (χ2n) is 26.5. The smallest absolute Gasteiger partial charge is 0.747 e. The molecule has 42 nitrogen and oxygen atoms in total. The second kappa shape index (κ2) is 40.1. The number of aliphatic carboxylic acids is 2. The molecule has 0 radical (unpaired) electrons. The van der Waals surface area contributed by atoms with Crippen LogP contribution in [0.1, 0.15) is 112 Å². The number of esters is 2. The molecule has 6 aliphatic rings. The van der Waals surface area contributed by atoms with E-state index in [4.69, 9.17) is 30.0 Å². The van der Waals surface area contributed by atoms with Crippen molar-refractivity contribution in [2.75, 3.05) is 40.9 Å². The number of carboxylic acid groups (broad SMARTS) is 3. The van der Waals surface area contributed by atoms with Crippen molar-refractivity contribution in [2.24, 2.45) is 5.92 Å². The van der Waals surface area contributed by atoms with Crippen molar-refractivity contribution >= 4 is 143 Å². The van der Waals surface area contributed by atoms with E-state index in [1.807, 2.05) is 0 Å². The number of hydroxylamine groups is 4. The van der Waals surface area contributed by atoms with Gasteiger partial charge in [0.1, 0.15) is 54.4 Å². The summed E-state index contributed by atoms with van der Waals surface area (Å²) >= 11 is 0. The van der Waals surface area contributed by atoms with Crippen molar-refractivity contribution in [2.45, 2.75) is 101 Å². The van der Waals surface area contributed by atoms with Crippen LogP contribution in [0.2, 0.25) is 0 Å². The van der Waals surface area contributed by atoms with E-state index in [1.54, 1.807) is 61.5 Å².